The maximum Gasteiger partial charge on any atom is 0.401 e. The molecule has 3 heterocycles. The fourth-order valence-corrected chi connectivity index (χ4v) is 3.03. The van der Waals surface area contributed by atoms with Crippen LogP contribution in [0.1, 0.15) is 18.7 Å². The van der Waals surface area contributed by atoms with Gasteiger partial charge in [-0.25, -0.2) is 9.97 Å². The van der Waals surface area contributed by atoms with E-state index in [2.05, 4.69) is 20.3 Å². The van der Waals surface area contributed by atoms with Crippen molar-refractivity contribution in [2.45, 2.75) is 25.9 Å². The van der Waals surface area contributed by atoms with Crippen LogP contribution in [-0.2, 0) is 0 Å². The second kappa shape index (κ2) is 7.38. The molecule has 2 aromatic heterocycles. The van der Waals surface area contributed by atoms with Crippen LogP contribution < -0.4 is 5.32 Å². The number of alkyl halides is 3. The smallest absolute Gasteiger partial charge is 0.368 e. The number of hydrogen-bond donors (Lipinski definition) is 1. The molecule has 1 fully saturated rings. The number of aryl methyl sites for hydroxylation is 1. The average molecular weight is 354 g/mol. The van der Waals surface area contributed by atoms with Crippen LogP contribution >= 0.6 is 0 Å². The molecule has 1 aliphatic heterocycles. The highest BCUT2D eigenvalue weighted by Gasteiger charge is 2.32. The summed E-state index contributed by atoms with van der Waals surface area (Å²) >= 11 is 0. The first kappa shape index (κ1) is 17.7. The van der Waals surface area contributed by atoms with E-state index in [1.807, 2.05) is 17.7 Å². The predicted octanol–water partition coefficient (Wildman–Crippen LogP) is 2.66. The molecule has 3 rings (SSSR count). The molecule has 0 amide bonds. The maximum atomic E-state index is 12.4. The lowest BCUT2D eigenvalue weighted by Gasteiger charge is -2.32. The van der Waals surface area contributed by atoms with E-state index in [-0.39, 0.29) is 0 Å². The third kappa shape index (κ3) is 4.91. The Kier molecular flexibility index (Phi) is 5.22. The van der Waals surface area contributed by atoms with Crippen LogP contribution in [-0.4, -0.2) is 56.8 Å². The Morgan fingerprint density at radius 2 is 2.00 bits per heavy atom. The van der Waals surface area contributed by atoms with Crippen molar-refractivity contribution in [3.8, 4) is 5.82 Å². The minimum absolute atomic E-state index is 0.338. The summed E-state index contributed by atoms with van der Waals surface area (Å²) in [7, 11) is 0. The molecule has 1 saturated heterocycles. The molecule has 0 radical (unpaired) electrons. The number of rotatable bonds is 5. The zero-order valence-corrected chi connectivity index (χ0v) is 14.0. The quantitative estimate of drug-likeness (QED) is 0.895. The molecule has 6 nitrogen and oxygen atoms in total. The highest BCUT2D eigenvalue weighted by Crippen LogP contribution is 2.22. The number of hydrogen-bond acceptors (Lipinski definition) is 5. The first-order chi connectivity index (χ1) is 11.9. The van der Waals surface area contributed by atoms with Gasteiger partial charge in [0, 0.05) is 18.9 Å². The van der Waals surface area contributed by atoms with Crippen molar-refractivity contribution in [3.05, 3.63) is 30.6 Å². The summed E-state index contributed by atoms with van der Waals surface area (Å²) in [5.74, 6) is 2.50. The van der Waals surface area contributed by atoms with Gasteiger partial charge < -0.3 is 5.32 Å². The van der Waals surface area contributed by atoms with Gasteiger partial charge in [0.25, 0.3) is 0 Å². The zero-order chi connectivity index (χ0) is 17.9. The summed E-state index contributed by atoms with van der Waals surface area (Å²) in [6, 6.07) is 0. The van der Waals surface area contributed by atoms with E-state index in [0.717, 1.165) is 18.7 Å². The summed E-state index contributed by atoms with van der Waals surface area (Å²) in [6.45, 7) is 2.71. The average Bonchev–Trinajstić information content (AvgIpc) is 2.99. The Balaban J connectivity index is 1.51. The number of aromatic nitrogens is 4. The van der Waals surface area contributed by atoms with Crippen LogP contribution in [0.15, 0.2) is 24.8 Å². The molecule has 25 heavy (non-hydrogen) atoms. The Morgan fingerprint density at radius 1 is 1.24 bits per heavy atom. The Labute approximate surface area is 144 Å². The van der Waals surface area contributed by atoms with Crippen molar-refractivity contribution in [2.24, 2.45) is 5.92 Å². The molecule has 0 bridgehead atoms. The molecular formula is C16H21F3N6. The highest BCUT2D eigenvalue weighted by atomic mass is 19.4. The minimum Gasteiger partial charge on any atom is -0.368 e. The standard InChI is InChI=1S/C16H21F3N6/c1-12-21-4-7-25(12)15-10-20-9-14(23-15)22-8-13-2-5-24(6-3-13)11-16(17,18)19/h4,7,9-10,13H,2-3,5-6,8,11H2,1H3,(H,22,23). The van der Waals surface area contributed by atoms with Gasteiger partial charge in [-0.3, -0.25) is 14.5 Å². The van der Waals surface area contributed by atoms with Crippen molar-refractivity contribution in [2.75, 3.05) is 31.5 Å². The van der Waals surface area contributed by atoms with Gasteiger partial charge in [0.15, 0.2) is 5.82 Å². The van der Waals surface area contributed by atoms with Gasteiger partial charge in [-0.15, -0.1) is 0 Å². The molecule has 1 N–H and O–H groups in total. The Morgan fingerprint density at radius 3 is 2.64 bits per heavy atom. The van der Waals surface area contributed by atoms with E-state index in [1.165, 1.54) is 4.90 Å². The lowest BCUT2D eigenvalue weighted by Crippen LogP contribution is -2.41. The van der Waals surface area contributed by atoms with Crippen LogP contribution in [0.3, 0.4) is 0 Å². The van der Waals surface area contributed by atoms with Crippen LogP contribution in [0.25, 0.3) is 5.82 Å². The van der Waals surface area contributed by atoms with Gasteiger partial charge in [0.1, 0.15) is 11.6 Å². The van der Waals surface area contributed by atoms with Crippen LogP contribution in [0.5, 0.6) is 0 Å². The first-order valence-electron chi connectivity index (χ1n) is 8.26. The second-order valence-electron chi connectivity index (χ2n) is 6.32. The predicted molar refractivity (Wildman–Crippen MR) is 87.6 cm³/mol. The number of piperidine rings is 1. The van der Waals surface area contributed by atoms with Crippen LogP contribution in [0.4, 0.5) is 19.0 Å². The summed E-state index contributed by atoms with van der Waals surface area (Å²) in [5.41, 5.74) is 0. The number of imidazole rings is 1. The number of nitrogens with zero attached hydrogens (tertiary/aromatic N) is 5. The highest BCUT2D eigenvalue weighted by molar-refractivity contribution is 5.36. The van der Waals surface area contributed by atoms with E-state index in [0.29, 0.717) is 37.2 Å². The van der Waals surface area contributed by atoms with E-state index < -0.39 is 12.7 Å². The third-order valence-corrected chi connectivity index (χ3v) is 4.38. The number of anilines is 1. The molecule has 0 atom stereocenters. The Bertz CT molecular complexity index is 691. The molecule has 1 aliphatic rings. The molecule has 136 valence electrons. The number of halogens is 3. The Hall–Kier alpha value is -2.16. The van der Waals surface area contributed by atoms with E-state index in [9.17, 15) is 13.2 Å². The fourth-order valence-electron chi connectivity index (χ4n) is 3.03. The summed E-state index contributed by atoms with van der Waals surface area (Å²) in [5, 5.41) is 3.25. The first-order valence-corrected chi connectivity index (χ1v) is 8.26. The van der Waals surface area contributed by atoms with Crippen LogP contribution in [0, 0.1) is 12.8 Å². The maximum absolute atomic E-state index is 12.4. The van der Waals surface area contributed by atoms with Gasteiger partial charge >= 0.3 is 6.18 Å². The van der Waals surface area contributed by atoms with E-state index in [1.54, 1.807) is 18.6 Å². The largest absolute Gasteiger partial charge is 0.401 e. The monoisotopic (exact) mass is 354 g/mol. The van der Waals surface area contributed by atoms with E-state index in [4.69, 9.17) is 0 Å². The van der Waals surface area contributed by atoms with Gasteiger partial charge in [-0.05, 0) is 38.8 Å². The van der Waals surface area contributed by atoms with Crippen LogP contribution in [0.2, 0.25) is 0 Å². The van der Waals surface area contributed by atoms with Crippen molar-refractivity contribution in [1.29, 1.82) is 0 Å². The normalized spacial score (nSPS) is 17.0. The molecule has 0 saturated carbocycles. The summed E-state index contributed by atoms with van der Waals surface area (Å²) < 4.78 is 39.1. The van der Waals surface area contributed by atoms with E-state index >= 15 is 0 Å². The third-order valence-electron chi connectivity index (χ3n) is 4.38. The SMILES string of the molecule is Cc1nccn1-c1cncc(NCC2CCN(CC(F)(F)F)CC2)n1. The number of nitrogens with one attached hydrogen (secondary N) is 1. The summed E-state index contributed by atoms with van der Waals surface area (Å²) in [6.07, 6.45) is 4.20. The lowest BCUT2D eigenvalue weighted by atomic mass is 9.97. The van der Waals surface area contributed by atoms with Gasteiger partial charge in [-0.2, -0.15) is 13.2 Å². The topological polar surface area (TPSA) is 58.9 Å². The number of likely N-dealkylation sites (tertiary alicyclic amines) is 1. The minimum atomic E-state index is -4.12. The molecule has 0 aromatic carbocycles. The second-order valence-corrected chi connectivity index (χ2v) is 6.32. The van der Waals surface area contributed by atoms with Crippen molar-refractivity contribution >= 4 is 5.82 Å². The fraction of sp³-hybridized carbons (Fsp3) is 0.562. The molecular weight excluding hydrogens is 333 g/mol. The molecule has 0 unspecified atom stereocenters. The molecule has 0 aliphatic carbocycles. The summed E-state index contributed by atoms with van der Waals surface area (Å²) in [4.78, 5) is 14.3. The van der Waals surface area contributed by atoms with Gasteiger partial charge in [-0.1, -0.05) is 0 Å². The lowest BCUT2D eigenvalue weighted by molar-refractivity contribution is -0.148. The van der Waals surface area contributed by atoms with Crippen molar-refractivity contribution < 1.29 is 13.2 Å². The molecule has 2 aromatic rings. The molecule has 0 spiro atoms. The van der Waals surface area contributed by atoms with Gasteiger partial charge in [0.05, 0.1) is 18.9 Å². The molecule has 9 heteroatoms. The van der Waals surface area contributed by atoms with Gasteiger partial charge in [0.2, 0.25) is 0 Å². The zero-order valence-electron chi connectivity index (χ0n) is 14.0. The van der Waals surface area contributed by atoms with Crippen molar-refractivity contribution in [3.63, 3.8) is 0 Å². The van der Waals surface area contributed by atoms with Crippen molar-refractivity contribution in [1.82, 2.24) is 24.4 Å².